The van der Waals surface area contributed by atoms with Crippen LogP contribution >= 0.6 is 0 Å². The number of aliphatic hydroxyl groups excluding tert-OH is 1. The summed E-state index contributed by atoms with van der Waals surface area (Å²) in [5.74, 6) is -0.238. The lowest BCUT2D eigenvalue weighted by Gasteiger charge is -2.11. The minimum Gasteiger partial charge on any atom is -0.391 e. The molecule has 0 fully saturated rings. The minimum absolute atomic E-state index is 0.221. The van der Waals surface area contributed by atoms with Gasteiger partial charge in [0.15, 0.2) is 0 Å². The number of allylic oxidation sites excluding steroid dienone is 4. The highest BCUT2D eigenvalue weighted by Crippen LogP contribution is 2.07. The fraction of sp³-hybridized carbons (Fsp3) is 0.353. The van der Waals surface area contributed by atoms with Crippen molar-refractivity contribution >= 4 is 5.91 Å². The Morgan fingerprint density at radius 3 is 2.33 bits per heavy atom. The molecule has 0 heterocycles. The van der Waals surface area contributed by atoms with Gasteiger partial charge in [0, 0.05) is 18.7 Å². The molecule has 4 nitrogen and oxygen atoms in total. The molecule has 0 bridgehead atoms. The molecule has 4 heteroatoms. The Hall–Kier alpha value is -1.91. The van der Waals surface area contributed by atoms with Crippen LogP contribution in [0.5, 0.6) is 0 Å². The molecule has 116 valence electrons. The molecular formula is C17H26N2O2. The van der Waals surface area contributed by atoms with Crippen molar-refractivity contribution in [3.8, 4) is 0 Å². The van der Waals surface area contributed by atoms with Crippen molar-refractivity contribution in [2.24, 2.45) is 5.73 Å². The largest absolute Gasteiger partial charge is 0.391 e. The van der Waals surface area contributed by atoms with E-state index in [9.17, 15) is 9.90 Å². The van der Waals surface area contributed by atoms with Crippen LogP contribution in [0.2, 0.25) is 0 Å². The number of amides is 1. The molecule has 0 aromatic carbocycles. The summed E-state index contributed by atoms with van der Waals surface area (Å²) in [6, 6.07) is 0. The molecule has 1 amide bonds. The average molecular weight is 290 g/mol. The number of hydrogen-bond acceptors (Lipinski definition) is 3. The first-order valence-electron chi connectivity index (χ1n) is 6.89. The van der Waals surface area contributed by atoms with E-state index in [0.29, 0.717) is 25.0 Å². The Kier molecular flexibility index (Phi) is 9.84. The first kappa shape index (κ1) is 19.1. The number of carbonyl (C=O) groups is 1. The van der Waals surface area contributed by atoms with Crippen molar-refractivity contribution in [2.75, 3.05) is 13.1 Å². The molecule has 0 aromatic heterocycles. The van der Waals surface area contributed by atoms with Gasteiger partial charge in [0.25, 0.3) is 0 Å². The highest BCUT2D eigenvalue weighted by atomic mass is 16.3. The van der Waals surface area contributed by atoms with E-state index < -0.39 is 6.10 Å². The van der Waals surface area contributed by atoms with Crippen molar-refractivity contribution in [1.82, 2.24) is 5.32 Å². The normalized spacial score (nSPS) is 12.5. The van der Waals surface area contributed by atoms with Gasteiger partial charge in [-0.25, -0.2) is 0 Å². The molecule has 0 spiro atoms. The smallest absolute Gasteiger partial charge is 0.246 e. The van der Waals surface area contributed by atoms with E-state index in [2.05, 4.69) is 25.1 Å². The number of nitrogens with two attached hydrogens (primary N) is 1. The first-order valence-corrected chi connectivity index (χ1v) is 6.89. The molecule has 0 radical (unpaired) electrons. The predicted octanol–water partition coefficient (Wildman–Crippen LogP) is 2.00. The van der Waals surface area contributed by atoms with Crippen molar-refractivity contribution in [1.29, 1.82) is 0 Å². The van der Waals surface area contributed by atoms with Crippen LogP contribution in [0.3, 0.4) is 0 Å². The SMILES string of the molecule is C=C(/C=C\C=C/C(=C)CCC(O)CNC(=O)C(=C)C)CN. The van der Waals surface area contributed by atoms with Gasteiger partial charge in [0.2, 0.25) is 5.91 Å². The van der Waals surface area contributed by atoms with E-state index in [1.807, 2.05) is 24.3 Å². The third kappa shape index (κ3) is 10.5. The van der Waals surface area contributed by atoms with Gasteiger partial charge < -0.3 is 16.2 Å². The topological polar surface area (TPSA) is 75.3 Å². The summed E-state index contributed by atoms with van der Waals surface area (Å²) in [6.07, 6.45) is 8.03. The van der Waals surface area contributed by atoms with Crippen LogP contribution in [-0.4, -0.2) is 30.2 Å². The quantitative estimate of drug-likeness (QED) is 0.425. The molecular weight excluding hydrogens is 264 g/mol. The van der Waals surface area contributed by atoms with Crippen LogP contribution in [0.1, 0.15) is 19.8 Å². The molecule has 4 N–H and O–H groups in total. The zero-order chi connectivity index (χ0) is 16.3. The van der Waals surface area contributed by atoms with Crippen molar-refractivity contribution in [3.05, 3.63) is 60.8 Å². The Labute approximate surface area is 127 Å². The third-order valence-corrected chi connectivity index (χ3v) is 2.72. The maximum atomic E-state index is 11.3. The number of rotatable bonds is 10. The van der Waals surface area contributed by atoms with E-state index in [0.717, 1.165) is 11.1 Å². The van der Waals surface area contributed by atoms with Crippen LogP contribution in [0, 0.1) is 0 Å². The molecule has 0 saturated carbocycles. The second kappa shape index (κ2) is 10.8. The van der Waals surface area contributed by atoms with Crippen molar-refractivity contribution in [3.63, 3.8) is 0 Å². The van der Waals surface area contributed by atoms with Crippen LogP contribution < -0.4 is 11.1 Å². The van der Waals surface area contributed by atoms with Gasteiger partial charge in [-0.05, 0) is 25.3 Å². The molecule has 0 aliphatic rings. The van der Waals surface area contributed by atoms with E-state index in [-0.39, 0.29) is 12.5 Å². The minimum atomic E-state index is -0.592. The molecule has 0 saturated heterocycles. The zero-order valence-corrected chi connectivity index (χ0v) is 12.8. The van der Waals surface area contributed by atoms with E-state index in [4.69, 9.17) is 5.73 Å². The van der Waals surface area contributed by atoms with E-state index in [1.54, 1.807) is 6.92 Å². The maximum Gasteiger partial charge on any atom is 0.246 e. The zero-order valence-electron chi connectivity index (χ0n) is 12.8. The number of hydrogen-bond donors (Lipinski definition) is 3. The summed E-state index contributed by atoms with van der Waals surface area (Å²) in [6.45, 7) is 13.5. The Morgan fingerprint density at radius 1 is 1.24 bits per heavy atom. The van der Waals surface area contributed by atoms with Gasteiger partial charge in [0.05, 0.1) is 6.10 Å². The van der Waals surface area contributed by atoms with Crippen LogP contribution in [0.4, 0.5) is 0 Å². The van der Waals surface area contributed by atoms with E-state index in [1.165, 1.54) is 0 Å². The Balaban J connectivity index is 3.94. The molecule has 0 rings (SSSR count). The fourth-order valence-corrected chi connectivity index (χ4v) is 1.35. The second-order valence-corrected chi connectivity index (χ2v) is 4.92. The predicted molar refractivity (Wildman–Crippen MR) is 88.7 cm³/mol. The lowest BCUT2D eigenvalue weighted by atomic mass is 10.1. The van der Waals surface area contributed by atoms with Gasteiger partial charge in [-0.2, -0.15) is 0 Å². The average Bonchev–Trinajstić information content (AvgIpc) is 2.46. The Bertz CT molecular complexity index is 448. The van der Waals surface area contributed by atoms with Gasteiger partial charge in [-0.1, -0.05) is 49.6 Å². The van der Waals surface area contributed by atoms with E-state index >= 15 is 0 Å². The van der Waals surface area contributed by atoms with Crippen LogP contribution in [-0.2, 0) is 4.79 Å². The summed E-state index contributed by atoms with van der Waals surface area (Å²) in [5, 5.41) is 12.4. The molecule has 0 aliphatic heterocycles. The van der Waals surface area contributed by atoms with Gasteiger partial charge >= 0.3 is 0 Å². The third-order valence-electron chi connectivity index (χ3n) is 2.72. The highest BCUT2D eigenvalue weighted by Gasteiger charge is 2.07. The van der Waals surface area contributed by atoms with Crippen LogP contribution in [0.25, 0.3) is 0 Å². The second-order valence-electron chi connectivity index (χ2n) is 4.92. The number of nitrogens with one attached hydrogen (secondary N) is 1. The van der Waals surface area contributed by atoms with Crippen molar-refractivity contribution < 1.29 is 9.90 Å². The molecule has 1 unspecified atom stereocenters. The Morgan fingerprint density at radius 2 is 1.81 bits per heavy atom. The fourth-order valence-electron chi connectivity index (χ4n) is 1.35. The summed E-state index contributed by atoms with van der Waals surface area (Å²) in [5.41, 5.74) is 7.60. The van der Waals surface area contributed by atoms with Gasteiger partial charge in [-0.3, -0.25) is 4.79 Å². The van der Waals surface area contributed by atoms with Gasteiger partial charge in [0.1, 0.15) is 0 Å². The van der Waals surface area contributed by atoms with Crippen molar-refractivity contribution in [2.45, 2.75) is 25.9 Å². The first-order chi connectivity index (χ1) is 9.86. The molecule has 21 heavy (non-hydrogen) atoms. The van der Waals surface area contributed by atoms with Crippen LogP contribution in [0.15, 0.2) is 60.8 Å². The molecule has 0 aromatic rings. The summed E-state index contributed by atoms with van der Waals surface area (Å²) < 4.78 is 0. The standard InChI is InChI=1S/C17H26N2O2/c1-13(2)17(21)19-12-16(20)10-9-14(3)7-5-6-8-15(4)11-18/h5-8,16,20H,1,3-4,9-12,18H2,2H3,(H,19,21)/b7-5-,8-6-. The summed E-state index contributed by atoms with van der Waals surface area (Å²) >= 11 is 0. The summed E-state index contributed by atoms with van der Waals surface area (Å²) in [4.78, 5) is 11.3. The maximum absolute atomic E-state index is 11.3. The highest BCUT2D eigenvalue weighted by molar-refractivity contribution is 5.92. The summed E-state index contributed by atoms with van der Waals surface area (Å²) in [7, 11) is 0. The monoisotopic (exact) mass is 290 g/mol. The number of carbonyl (C=O) groups excluding carboxylic acids is 1. The molecule has 0 aliphatic carbocycles. The number of aliphatic hydroxyl groups is 1. The lowest BCUT2D eigenvalue weighted by Crippen LogP contribution is -2.32. The lowest BCUT2D eigenvalue weighted by molar-refractivity contribution is -0.117. The molecule has 1 atom stereocenters. The van der Waals surface area contributed by atoms with Gasteiger partial charge in [-0.15, -0.1) is 0 Å².